The minimum Gasteiger partial charge on any atom is -0.493 e. The van der Waals surface area contributed by atoms with Gasteiger partial charge in [0.1, 0.15) is 5.75 Å². The second kappa shape index (κ2) is 6.58. The smallest absolute Gasteiger partial charge is 0.119 e. The zero-order valence-electron chi connectivity index (χ0n) is 8.94. The van der Waals surface area contributed by atoms with Crippen molar-refractivity contribution in [1.29, 1.82) is 0 Å². The predicted molar refractivity (Wildman–Crippen MR) is 63.4 cm³/mol. The van der Waals surface area contributed by atoms with Gasteiger partial charge < -0.3 is 10.5 Å². The molecule has 1 rings (SSSR count). The number of ether oxygens (including phenoxy) is 1. The third kappa shape index (κ3) is 4.44. The first kappa shape index (κ1) is 12.2. The number of hydrogen-bond acceptors (Lipinski definition) is 3. The lowest BCUT2D eigenvalue weighted by Gasteiger charge is -2.06. The molecule has 1 aromatic rings. The van der Waals surface area contributed by atoms with E-state index in [1.807, 2.05) is 31.2 Å². The van der Waals surface area contributed by atoms with Gasteiger partial charge in [0, 0.05) is 23.1 Å². The highest BCUT2D eigenvalue weighted by atomic mass is 32.2. The van der Waals surface area contributed by atoms with Crippen LogP contribution < -0.4 is 10.5 Å². The molecule has 3 nitrogen and oxygen atoms in total. The van der Waals surface area contributed by atoms with Gasteiger partial charge >= 0.3 is 0 Å². The Hall–Kier alpha value is -0.870. The van der Waals surface area contributed by atoms with Crippen molar-refractivity contribution in [3.63, 3.8) is 0 Å². The predicted octanol–water partition coefficient (Wildman–Crippen LogP) is 1.29. The van der Waals surface area contributed by atoms with Crippen LogP contribution in [0.4, 0.5) is 0 Å². The van der Waals surface area contributed by atoms with E-state index in [9.17, 15) is 4.21 Å². The maximum absolute atomic E-state index is 11.1. The highest BCUT2D eigenvalue weighted by Gasteiger charge is 1.98. The molecule has 0 heterocycles. The van der Waals surface area contributed by atoms with Crippen molar-refractivity contribution in [3.05, 3.63) is 29.8 Å². The summed E-state index contributed by atoms with van der Waals surface area (Å²) in [5, 5.41) is 0. The summed E-state index contributed by atoms with van der Waals surface area (Å²) in [6, 6.07) is 7.66. The Bertz CT molecular complexity index is 328. The van der Waals surface area contributed by atoms with Crippen LogP contribution in [0.25, 0.3) is 0 Å². The fourth-order valence-corrected chi connectivity index (χ4v) is 1.72. The molecule has 0 aromatic heterocycles. The summed E-state index contributed by atoms with van der Waals surface area (Å²) >= 11 is 0. The summed E-state index contributed by atoms with van der Waals surface area (Å²) in [6.45, 7) is 2.91. The van der Waals surface area contributed by atoms with Crippen LogP contribution in [-0.4, -0.2) is 22.3 Å². The second-order valence-corrected chi connectivity index (χ2v) is 5.00. The van der Waals surface area contributed by atoms with Gasteiger partial charge in [-0.15, -0.1) is 0 Å². The van der Waals surface area contributed by atoms with Gasteiger partial charge in [0.05, 0.1) is 12.4 Å². The van der Waals surface area contributed by atoms with Crippen molar-refractivity contribution in [1.82, 2.24) is 0 Å². The highest BCUT2D eigenvalue weighted by Crippen LogP contribution is 2.12. The number of rotatable bonds is 6. The zero-order chi connectivity index (χ0) is 11.1. The van der Waals surface area contributed by atoms with Crippen molar-refractivity contribution in [2.24, 2.45) is 5.73 Å². The van der Waals surface area contributed by atoms with Crippen LogP contribution in [-0.2, 0) is 17.3 Å². The largest absolute Gasteiger partial charge is 0.493 e. The molecular weight excluding hydrogens is 210 g/mol. The van der Waals surface area contributed by atoms with Gasteiger partial charge in [0.25, 0.3) is 0 Å². The molecule has 15 heavy (non-hydrogen) atoms. The molecule has 0 bridgehead atoms. The molecule has 0 aliphatic rings. The molecule has 1 aromatic carbocycles. The van der Waals surface area contributed by atoms with E-state index in [1.165, 1.54) is 0 Å². The topological polar surface area (TPSA) is 52.3 Å². The summed E-state index contributed by atoms with van der Waals surface area (Å²) in [4.78, 5) is 0. The quantitative estimate of drug-likeness (QED) is 0.797. The average molecular weight is 227 g/mol. The molecule has 0 spiro atoms. The fraction of sp³-hybridized carbons (Fsp3) is 0.455. The second-order valence-electron chi connectivity index (χ2n) is 3.13. The molecule has 0 aliphatic heterocycles. The van der Waals surface area contributed by atoms with Gasteiger partial charge in [0.2, 0.25) is 0 Å². The molecule has 2 N–H and O–H groups in total. The van der Waals surface area contributed by atoms with E-state index in [0.29, 0.717) is 24.7 Å². The normalized spacial score (nSPS) is 12.4. The van der Waals surface area contributed by atoms with Gasteiger partial charge in [-0.1, -0.05) is 19.1 Å². The van der Waals surface area contributed by atoms with E-state index < -0.39 is 10.8 Å². The summed E-state index contributed by atoms with van der Waals surface area (Å²) < 4.78 is 16.6. The Morgan fingerprint density at radius 3 is 2.93 bits per heavy atom. The van der Waals surface area contributed by atoms with Crippen LogP contribution in [0.2, 0.25) is 0 Å². The average Bonchev–Trinajstić information content (AvgIpc) is 2.29. The van der Waals surface area contributed by atoms with Crippen LogP contribution in [0.5, 0.6) is 5.75 Å². The van der Waals surface area contributed by atoms with E-state index in [2.05, 4.69) is 0 Å². The van der Waals surface area contributed by atoms with Crippen molar-refractivity contribution in [2.45, 2.75) is 13.5 Å². The first-order valence-corrected chi connectivity index (χ1v) is 6.52. The molecule has 0 saturated heterocycles. The molecule has 0 amide bonds. The third-order valence-corrected chi connectivity index (χ3v) is 3.30. The molecule has 84 valence electrons. The van der Waals surface area contributed by atoms with Gasteiger partial charge in [-0.2, -0.15) is 0 Å². The first-order chi connectivity index (χ1) is 7.26. The van der Waals surface area contributed by atoms with Crippen LogP contribution in [0.3, 0.4) is 0 Å². The van der Waals surface area contributed by atoms with E-state index >= 15 is 0 Å². The van der Waals surface area contributed by atoms with Gasteiger partial charge in [-0.25, -0.2) is 0 Å². The minimum atomic E-state index is -0.757. The Balaban J connectivity index is 2.40. The molecular formula is C11H17NO2S. The van der Waals surface area contributed by atoms with Crippen LogP contribution >= 0.6 is 0 Å². The van der Waals surface area contributed by atoms with E-state index in [1.54, 1.807) is 0 Å². The third-order valence-electron chi connectivity index (χ3n) is 2.04. The summed E-state index contributed by atoms with van der Waals surface area (Å²) in [6.07, 6.45) is 0. The lowest BCUT2D eigenvalue weighted by molar-refractivity contribution is 0.342. The Morgan fingerprint density at radius 2 is 2.27 bits per heavy atom. The lowest BCUT2D eigenvalue weighted by atomic mass is 10.2. The van der Waals surface area contributed by atoms with Crippen LogP contribution in [0.1, 0.15) is 12.5 Å². The number of nitrogens with two attached hydrogens (primary N) is 1. The number of benzene rings is 1. The Kier molecular flexibility index (Phi) is 5.36. The van der Waals surface area contributed by atoms with E-state index in [0.717, 1.165) is 11.3 Å². The van der Waals surface area contributed by atoms with Gasteiger partial charge in [-0.05, 0) is 17.7 Å². The fourth-order valence-electron chi connectivity index (χ4n) is 1.16. The Labute approximate surface area is 93.1 Å². The molecule has 1 unspecified atom stereocenters. The summed E-state index contributed by atoms with van der Waals surface area (Å²) in [5.74, 6) is 2.07. The molecule has 0 fully saturated rings. The van der Waals surface area contributed by atoms with Crippen molar-refractivity contribution in [3.8, 4) is 5.75 Å². The maximum atomic E-state index is 11.1. The molecule has 0 aliphatic carbocycles. The van der Waals surface area contributed by atoms with Crippen molar-refractivity contribution < 1.29 is 8.95 Å². The molecule has 1 atom stereocenters. The SMILES string of the molecule is CCS(=O)CCOc1cccc(CN)c1. The number of hydrogen-bond donors (Lipinski definition) is 1. The van der Waals surface area contributed by atoms with Gasteiger partial charge in [-0.3, -0.25) is 4.21 Å². The Morgan fingerprint density at radius 1 is 1.47 bits per heavy atom. The molecule has 4 heteroatoms. The van der Waals surface area contributed by atoms with Crippen molar-refractivity contribution >= 4 is 10.8 Å². The van der Waals surface area contributed by atoms with Crippen LogP contribution in [0, 0.1) is 0 Å². The van der Waals surface area contributed by atoms with Crippen molar-refractivity contribution in [2.75, 3.05) is 18.1 Å². The lowest BCUT2D eigenvalue weighted by Crippen LogP contribution is -2.09. The molecule has 0 saturated carbocycles. The first-order valence-electron chi connectivity index (χ1n) is 5.03. The zero-order valence-corrected chi connectivity index (χ0v) is 9.76. The maximum Gasteiger partial charge on any atom is 0.119 e. The van der Waals surface area contributed by atoms with Gasteiger partial charge in [0.15, 0.2) is 0 Å². The standard InChI is InChI=1S/C11H17NO2S/c1-2-15(13)7-6-14-11-5-3-4-10(8-11)9-12/h3-5,8H,2,6-7,9,12H2,1H3. The van der Waals surface area contributed by atoms with E-state index in [4.69, 9.17) is 10.5 Å². The summed E-state index contributed by atoms with van der Waals surface area (Å²) in [5.41, 5.74) is 6.56. The molecule has 0 radical (unpaired) electrons. The summed E-state index contributed by atoms with van der Waals surface area (Å²) in [7, 11) is -0.757. The highest BCUT2D eigenvalue weighted by molar-refractivity contribution is 7.84. The van der Waals surface area contributed by atoms with Crippen LogP contribution in [0.15, 0.2) is 24.3 Å². The van der Waals surface area contributed by atoms with E-state index in [-0.39, 0.29) is 0 Å². The monoisotopic (exact) mass is 227 g/mol. The minimum absolute atomic E-state index is 0.495.